The number of carbonyl (C=O) groups excluding carboxylic acids is 1. The Morgan fingerprint density at radius 2 is 1.77 bits per heavy atom. The van der Waals surface area contributed by atoms with Crippen molar-refractivity contribution in [1.82, 2.24) is 4.90 Å². The molecule has 9 heteroatoms. The summed E-state index contributed by atoms with van der Waals surface area (Å²) in [5, 5.41) is 0. The summed E-state index contributed by atoms with van der Waals surface area (Å²) in [6.45, 7) is 4.92. The van der Waals surface area contributed by atoms with Crippen LogP contribution in [0.3, 0.4) is 0 Å². The van der Waals surface area contributed by atoms with Gasteiger partial charge >= 0.3 is 6.36 Å². The number of hydrogen-bond donors (Lipinski definition) is 1. The van der Waals surface area contributed by atoms with Crippen LogP contribution in [-0.4, -0.2) is 30.2 Å². The summed E-state index contributed by atoms with van der Waals surface area (Å²) in [6.07, 6.45) is -4.77. The van der Waals surface area contributed by atoms with Crippen LogP contribution in [0.1, 0.15) is 37.5 Å². The van der Waals surface area contributed by atoms with Crippen molar-refractivity contribution < 1.29 is 27.1 Å². The Hall–Kier alpha value is -3.10. The van der Waals surface area contributed by atoms with Crippen molar-refractivity contribution in [2.45, 2.75) is 39.1 Å². The van der Waals surface area contributed by atoms with Gasteiger partial charge in [0.15, 0.2) is 5.96 Å². The number of nitrogens with zero attached hydrogens (tertiary/aromatic N) is 2. The molecule has 0 bridgehead atoms. The summed E-state index contributed by atoms with van der Waals surface area (Å²) in [5.74, 6) is -1.28. The average molecular weight is 437 g/mol. The summed E-state index contributed by atoms with van der Waals surface area (Å²) < 4.78 is 57.2. The Bertz CT molecular complexity index is 1050. The van der Waals surface area contributed by atoms with Gasteiger partial charge in [0.2, 0.25) is 5.91 Å². The van der Waals surface area contributed by atoms with Crippen LogP contribution in [0.4, 0.5) is 17.6 Å². The van der Waals surface area contributed by atoms with Gasteiger partial charge in [-0.2, -0.15) is 0 Å². The monoisotopic (exact) mass is 437 g/mol. The zero-order valence-electron chi connectivity index (χ0n) is 17.5. The van der Waals surface area contributed by atoms with Crippen LogP contribution >= 0.6 is 0 Å². The number of para-hydroxylation sites is 1. The first-order chi connectivity index (χ1) is 14.3. The smallest absolute Gasteiger partial charge is 0.405 e. The number of nitrogens with two attached hydrogens (primary N) is 1. The highest BCUT2D eigenvalue weighted by Crippen LogP contribution is 2.47. The largest absolute Gasteiger partial charge is 0.573 e. The molecule has 0 aromatic heterocycles. The molecule has 1 atom stereocenters. The Morgan fingerprint density at radius 1 is 1.13 bits per heavy atom. The molecular weight excluding hydrogens is 414 g/mol. The van der Waals surface area contributed by atoms with Crippen molar-refractivity contribution in [1.29, 1.82) is 0 Å². The fourth-order valence-electron chi connectivity index (χ4n) is 3.72. The molecule has 1 heterocycles. The molecule has 5 nitrogen and oxygen atoms in total. The molecular formula is C22H23F4N3O2. The number of benzene rings is 2. The van der Waals surface area contributed by atoms with E-state index in [1.165, 1.54) is 48.3 Å². The first-order valence-corrected chi connectivity index (χ1v) is 9.52. The molecule has 166 valence electrons. The molecule has 2 aromatic carbocycles. The second-order valence-corrected chi connectivity index (χ2v) is 8.18. The Morgan fingerprint density at radius 3 is 2.42 bits per heavy atom. The standard InChI is InChI=1S/C22H23F4N3O2/c1-20(2)18(30)29(4)19(27)28-21(20,3)15-12-13(9-10-16(15)23)11-14-7-5-6-8-17(14)31-22(24,25)26/h5-10,12H,11H2,1-4H3,(H2,27,28)/t21-/m1/s1. The van der Waals surface area contributed by atoms with E-state index in [9.17, 15) is 22.4 Å². The summed E-state index contributed by atoms with van der Waals surface area (Å²) in [6, 6.07) is 9.96. The molecule has 2 aromatic rings. The van der Waals surface area contributed by atoms with E-state index in [1.54, 1.807) is 26.8 Å². The average Bonchev–Trinajstić information content (AvgIpc) is 2.67. The third-order valence-corrected chi connectivity index (χ3v) is 5.89. The molecule has 1 aliphatic rings. The summed E-state index contributed by atoms with van der Waals surface area (Å²) in [4.78, 5) is 18.5. The third-order valence-electron chi connectivity index (χ3n) is 5.89. The van der Waals surface area contributed by atoms with Gasteiger partial charge in [-0.3, -0.25) is 9.69 Å². The highest BCUT2D eigenvalue weighted by molar-refractivity contribution is 6.01. The fourth-order valence-corrected chi connectivity index (χ4v) is 3.72. The first kappa shape index (κ1) is 22.6. The molecule has 1 amide bonds. The van der Waals surface area contributed by atoms with E-state index < -0.39 is 23.1 Å². The van der Waals surface area contributed by atoms with Gasteiger partial charge in [-0.15, -0.1) is 13.2 Å². The summed E-state index contributed by atoms with van der Waals surface area (Å²) >= 11 is 0. The van der Waals surface area contributed by atoms with Crippen molar-refractivity contribution in [2.75, 3.05) is 7.05 Å². The van der Waals surface area contributed by atoms with Gasteiger partial charge in [-0.05, 0) is 44.0 Å². The zero-order chi connectivity index (χ0) is 23.2. The predicted molar refractivity (Wildman–Crippen MR) is 108 cm³/mol. The van der Waals surface area contributed by atoms with Crippen molar-refractivity contribution in [3.05, 3.63) is 65.0 Å². The minimum absolute atomic E-state index is 0.0412. The predicted octanol–water partition coefficient (Wildman–Crippen LogP) is 4.34. The second kappa shape index (κ2) is 7.55. The topological polar surface area (TPSA) is 67.9 Å². The molecule has 0 radical (unpaired) electrons. The number of aliphatic imine (C=N–C) groups is 1. The highest BCUT2D eigenvalue weighted by Gasteiger charge is 2.53. The van der Waals surface area contributed by atoms with Crippen molar-refractivity contribution in [3.63, 3.8) is 0 Å². The van der Waals surface area contributed by atoms with Crippen LogP contribution in [0.25, 0.3) is 0 Å². The maximum absolute atomic E-state index is 14.9. The number of rotatable bonds is 4. The minimum atomic E-state index is -4.83. The fraction of sp³-hybridized carbons (Fsp3) is 0.364. The SMILES string of the molecule is CN1C(=O)C(C)(C)[C@@](C)(c2cc(Cc3ccccc3OC(F)(F)F)ccc2F)N=C1N. The molecule has 31 heavy (non-hydrogen) atoms. The molecule has 0 fully saturated rings. The van der Waals surface area contributed by atoms with E-state index in [0.717, 1.165) is 0 Å². The lowest BCUT2D eigenvalue weighted by Crippen LogP contribution is -2.58. The number of alkyl halides is 3. The van der Waals surface area contributed by atoms with E-state index in [4.69, 9.17) is 5.73 Å². The molecule has 0 saturated heterocycles. The molecule has 0 aliphatic carbocycles. The minimum Gasteiger partial charge on any atom is -0.405 e. The third kappa shape index (κ3) is 4.08. The molecule has 3 rings (SSSR count). The van der Waals surface area contributed by atoms with E-state index in [2.05, 4.69) is 9.73 Å². The van der Waals surface area contributed by atoms with Crippen LogP contribution in [-0.2, 0) is 16.8 Å². The van der Waals surface area contributed by atoms with Crippen molar-refractivity contribution in [2.24, 2.45) is 16.1 Å². The summed E-state index contributed by atoms with van der Waals surface area (Å²) in [5.41, 5.74) is 4.41. The Kier molecular flexibility index (Phi) is 5.50. The van der Waals surface area contributed by atoms with E-state index in [0.29, 0.717) is 5.56 Å². The molecule has 0 saturated carbocycles. The number of halogens is 4. The second-order valence-electron chi connectivity index (χ2n) is 8.18. The zero-order valence-corrected chi connectivity index (χ0v) is 17.5. The maximum atomic E-state index is 14.9. The number of guanidine groups is 1. The van der Waals surface area contributed by atoms with Gasteiger partial charge in [0.05, 0.1) is 5.41 Å². The van der Waals surface area contributed by atoms with Crippen LogP contribution in [0, 0.1) is 11.2 Å². The van der Waals surface area contributed by atoms with Gasteiger partial charge in [0, 0.05) is 19.0 Å². The lowest BCUT2D eigenvalue weighted by molar-refractivity contribution is -0.274. The Balaban J connectivity index is 2.06. The lowest BCUT2D eigenvalue weighted by atomic mass is 9.67. The lowest BCUT2D eigenvalue weighted by Gasteiger charge is -2.46. The Labute approximate surface area is 177 Å². The van der Waals surface area contributed by atoms with Crippen LogP contribution in [0.15, 0.2) is 47.5 Å². The van der Waals surface area contributed by atoms with Crippen LogP contribution in [0.2, 0.25) is 0 Å². The number of carbonyl (C=O) groups is 1. The number of amides is 1. The highest BCUT2D eigenvalue weighted by atomic mass is 19.4. The van der Waals surface area contributed by atoms with E-state index in [-0.39, 0.29) is 35.2 Å². The van der Waals surface area contributed by atoms with Gasteiger partial charge in [-0.1, -0.05) is 30.3 Å². The molecule has 0 spiro atoms. The number of ether oxygens (including phenoxy) is 1. The van der Waals surface area contributed by atoms with Crippen molar-refractivity contribution in [3.8, 4) is 5.75 Å². The molecule has 1 aliphatic heterocycles. The molecule has 0 unspecified atom stereocenters. The maximum Gasteiger partial charge on any atom is 0.573 e. The van der Waals surface area contributed by atoms with Gasteiger partial charge in [0.25, 0.3) is 0 Å². The van der Waals surface area contributed by atoms with Gasteiger partial charge in [0.1, 0.15) is 17.1 Å². The normalized spacial score (nSPS) is 21.1. The van der Waals surface area contributed by atoms with E-state index >= 15 is 0 Å². The molecule has 2 N–H and O–H groups in total. The number of hydrogen-bond acceptors (Lipinski definition) is 4. The van der Waals surface area contributed by atoms with Gasteiger partial charge < -0.3 is 10.5 Å². The van der Waals surface area contributed by atoms with E-state index in [1.807, 2.05) is 0 Å². The summed E-state index contributed by atoms with van der Waals surface area (Å²) in [7, 11) is 1.49. The van der Waals surface area contributed by atoms with Gasteiger partial charge in [-0.25, -0.2) is 9.38 Å². The first-order valence-electron chi connectivity index (χ1n) is 9.52. The van der Waals surface area contributed by atoms with Crippen LogP contribution < -0.4 is 10.5 Å². The quantitative estimate of drug-likeness (QED) is 0.724. The van der Waals surface area contributed by atoms with Crippen LogP contribution in [0.5, 0.6) is 5.75 Å². The van der Waals surface area contributed by atoms with Crippen molar-refractivity contribution >= 4 is 11.9 Å².